The van der Waals surface area contributed by atoms with Crippen LogP contribution in [-0.4, -0.2) is 34.0 Å². The lowest BCUT2D eigenvalue weighted by molar-refractivity contribution is -0.113. The van der Waals surface area contributed by atoms with Crippen LogP contribution >= 0.6 is 34.4 Å². The van der Waals surface area contributed by atoms with Gasteiger partial charge in [0.1, 0.15) is 11.3 Å². The highest BCUT2D eigenvalue weighted by Gasteiger charge is 2.09. The van der Waals surface area contributed by atoms with Crippen molar-refractivity contribution in [2.45, 2.75) is 4.34 Å². The van der Waals surface area contributed by atoms with Gasteiger partial charge in [-0.05, 0) is 24.3 Å². The Balaban J connectivity index is 1.58. The summed E-state index contributed by atoms with van der Waals surface area (Å²) in [6.45, 7) is 0. The minimum absolute atomic E-state index is 0.110. The van der Waals surface area contributed by atoms with Crippen molar-refractivity contribution >= 4 is 45.5 Å². The van der Waals surface area contributed by atoms with Gasteiger partial charge in [-0.2, -0.15) is 0 Å². The van der Waals surface area contributed by atoms with Gasteiger partial charge in [0.05, 0.1) is 18.6 Å². The summed E-state index contributed by atoms with van der Waals surface area (Å²) in [5.74, 6) is 0.971. The Morgan fingerprint density at radius 3 is 2.83 bits per heavy atom. The number of benzene rings is 1. The Bertz CT molecular complexity index is 772. The lowest BCUT2D eigenvalue weighted by atomic mass is 10.2. The van der Waals surface area contributed by atoms with Gasteiger partial charge in [-0.3, -0.25) is 4.79 Å². The highest BCUT2D eigenvalue weighted by Crippen LogP contribution is 2.27. The van der Waals surface area contributed by atoms with E-state index in [0.717, 1.165) is 21.3 Å². The number of carbonyl (C=O) groups is 1. The molecule has 6 nitrogen and oxygen atoms in total. The van der Waals surface area contributed by atoms with Crippen LogP contribution in [0.2, 0.25) is 0 Å². The van der Waals surface area contributed by atoms with Crippen LogP contribution in [0.4, 0.5) is 5.13 Å². The molecule has 0 aliphatic rings. The van der Waals surface area contributed by atoms with Crippen molar-refractivity contribution in [1.82, 2.24) is 15.2 Å². The van der Waals surface area contributed by atoms with E-state index < -0.39 is 0 Å². The molecular weight excluding hydrogens is 352 g/mol. The van der Waals surface area contributed by atoms with Crippen molar-refractivity contribution in [3.05, 3.63) is 35.2 Å². The first-order chi connectivity index (χ1) is 11.2. The third-order valence-electron chi connectivity index (χ3n) is 2.80. The molecule has 0 bridgehead atoms. The summed E-state index contributed by atoms with van der Waals surface area (Å²) in [6, 6.07) is 7.63. The molecule has 118 valence electrons. The first-order valence-electron chi connectivity index (χ1n) is 6.53. The Morgan fingerprint density at radius 2 is 2.13 bits per heavy atom. The third-order valence-corrected chi connectivity index (χ3v) is 5.42. The molecule has 1 N–H and O–H groups in total. The number of rotatable bonds is 6. The maximum Gasteiger partial charge on any atom is 0.236 e. The van der Waals surface area contributed by atoms with E-state index in [2.05, 4.69) is 20.5 Å². The van der Waals surface area contributed by atoms with E-state index >= 15 is 0 Å². The van der Waals surface area contributed by atoms with Crippen molar-refractivity contribution in [3.8, 4) is 17.0 Å². The molecule has 0 unspecified atom stereocenters. The smallest absolute Gasteiger partial charge is 0.236 e. The van der Waals surface area contributed by atoms with Gasteiger partial charge in [0.15, 0.2) is 9.47 Å². The number of nitrogens with one attached hydrogen (secondary N) is 1. The normalized spacial score (nSPS) is 10.5. The summed E-state index contributed by atoms with van der Waals surface area (Å²) in [5.41, 5.74) is 3.44. The summed E-state index contributed by atoms with van der Waals surface area (Å²) in [7, 11) is 1.63. The summed E-state index contributed by atoms with van der Waals surface area (Å²) >= 11 is 4.17. The number of methoxy groups -OCH3 is 1. The molecule has 1 amide bonds. The Morgan fingerprint density at radius 1 is 1.30 bits per heavy atom. The number of carbonyl (C=O) groups excluding carboxylic acids is 1. The third kappa shape index (κ3) is 4.27. The fourth-order valence-electron chi connectivity index (χ4n) is 1.73. The fraction of sp³-hybridized carbons (Fsp3) is 0.143. The predicted octanol–water partition coefficient (Wildman–Crippen LogP) is 3.40. The zero-order valence-electron chi connectivity index (χ0n) is 12.1. The van der Waals surface area contributed by atoms with Crippen LogP contribution in [-0.2, 0) is 4.79 Å². The second-order valence-corrected chi connectivity index (χ2v) is 7.22. The lowest BCUT2D eigenvalue weighted by Crippen LogP contribution is -2.13. The molecule has 0 fully saturated rings. The number of thiazole rings is 1. The fourth-order valence-corrected chi connectivity index (χ4v) is 3.76. The summed E-state index contributed by atoms with van der Waals surface area (Å²) in [4.78, 5) is 16.3. The highest BCUT2D eigenvalue weighted by atomic mass is 32.2. The average Bonchev–Trinajstić information content (AvgIpc) is 3.25. The summed E-state index contributed by atoms with van der Waals surface area (Å²) in [6.07, 6.45) is 0. The summed E-state index contributed by atoms with van der Waals surface area (Å²) < 4.78 is 5.91. The molecule has 3 aromatic rings. The molecule has 0 aliphatic carbocycles. The van der Waals surface area contributed by atoms with Gasteiger partial charge in [0.2, 0.25) is 5.91 Å². The minimum atomic E-state index is -0.110. The average molecular weight is 364 g/mol. The number of hydrogen-bond donors (Lipinski definition) is 1. The van der Waals surface area contributed by atoms with Crippen LogP contribution in [0.5, 0.6) is 5.75 Å². The van der Waals surface area contributed by atoms with E-state index in [1.54, 1.807) is 12.6 Å². The maximum absolute atomic E-state index is 11.9. The second kappa shape index (κ2) is 7.53. The van der Waals surface area contributed by atoms with Crippen LogP contribution in [0.3, 0.4) is 0 Å². The molecule has 1 aromatic carbocycles. The quantitative estimate of drug-likeness (QED) is 0.676. The van der Waals surface area contributed by atoms with Gasteiger partial charge >= 0.3 is 0 Å². The van der Waals surface area contributed by atoms with E-state index in [0.29, 0.717) is 5.13 Å². The maximum atomic E-state index is 11.9. The molecule has 2 heterocycles. The van der Waals surface area contributed by atoms with Gasteiger partial charge in [0.25, 0.3) is 0 Å². The molecule has 0 saturated heterocycles. The molecule has 0 aliphatic heterocycles. The monoisotopic (exact) mass is 364 g/mol. The number of thioether (sulfide) groups is 1. The molecule has 0 radical (unpaired) electrons. The second-order valence-electron chi connectivity index (χ2n) is 4.31. The molecule has 0 saturated carbocycles. The van der Waals surface area contributed by atoms with Gasteiger partial charge in [-0.1, -0.05) is 23.1 Å². The van der Waals surface area contributed by atoms with E-state index in [4.69, 9.17) is 4.74 Å². The largest absolute Gasteiger partial charge is 0.497 e. The number of hydrogen-bond acceptors (Lipinski definition) is 8. The zero-order valence-corrected chi connectivity index (χ0v) is 14.5. The van der Waals surface area contributed by atoms with E-state index in [1.807, 2.05) is 29.6 Å². The molecule has 23 heavy (non-hydrogen) atoms. The van der Waals surface area contributed by atoms with Crippen molar-refractivity contribution in [2.24, 2.45) is 0 Å². The number of nitrogens with zero attached hydrogens (tertiary/aromatic N) is 3. The van der Waals surface area contributed by atoms with Crippen molar-refractivity contribution < 1.29 is 9.53 Å². The van der Waals surface area contributed by atoms with Crippen LogP contribution in [0.15, 0.2) is 39.5 Å². The van der Waals surface area contributed by atoms with Crippen LogP contribution in [0.25, 0.3) is 11.3 Å². The SMILES string of the molecule is COc1ccc(-c2csc(NC(=O)CSc3nncs3)n2)cc1. The Kier molecular flexibility index (Phi) is 5.21. The number of amides is 1. The first kappa shape index (κ1) is 15.9. The zero-order chi connectivity index (χ0) is 16.1. The predicted molar refractivity (Wildman–Crippen MR) is 93.4 cm³/mol. The molecule has 0 atom stereocenters. The lowest BCUT2D eigenvalue weighted by Gasteiger charge is -2.01. The van der Waals surface area contributed by atoms with Gasteiger partial charge in [0, 0.05) is 10.9 Å². The van der Waals surface area contributed by atoms with Crippen molar-refractivity contribution in [2.75, 3.05) is 18.2 Å². The topological polar surface area (TPSA) is 77.0 Å². The van der Waals surface area contributed by atoms with Crippen LogP contribution < -0.4 is 10.1 Å². The van der Waals surface area contributed by atoms with E-state index in [9.17, 15) is 4.79 Å². The Labute approximate surface area is 144 Å². The van der Waals surface area contributed by atoms with Gasteiger partial charge in [-0.15, -0.1) is 21.5 Å². The molecule has 9 heteroatoms. The minimum Gasteiger partial charge on any atom is -0.497 e. The van der Waals surface area contributed by atoms with Crippen molar-refractivity contribution in [1.29, 1.82) is 0 Å². The molecule has 0 spiro atoms. The summed E-state index contributed by atoms with van der Waals surface area (Å²) in [5, 5.41) is 12.9. The molecular formula is C14H12N4O2S3. The Hall–Kier alpha value is -1.97. The van der Waals surface area contributed by atoms with Gasteiger partial charge < -0.3 is 10.1 Å². The van der Waals surface area contributed by atoms with Crippen molar-refractivity contribution in [3.63, 3.8) is 0 Å². The number of anilines is 1. The standard InChI is InChI=1S/C14H12N4O2S3/c1-20-10-4-2-9(3-5-10)11-6-21-13(16-11)17-12(19)7-22-14-18-15-8-23-14/h2-6,8H,7H2,1H3,(H,16,17,19). The van der Waals surface area contributed by atoms with Gasteiger partial charge in [-0.25, -0.2) is 4.98 Å². The number of aromatic nitrogens is 3. The van der Waals surface area contributed by atoms with Crippen LogP contribution in [0.1, 0.15) is 0 Å². The van der Waals surface area contributed by atoms with E-state index in [-0.39, 0.29) is 11.7 Å². The molecule has 2 aromatic heterocycles. The van der Waals surface area contributed by atoms with Crippen LogP contribution in [0, 0.1) is 0 Å². The molecule has 3 rings (SSSR count). The first-order valence-corrected chi connectivity index (χ1v) is 9.28. The highest BCUT2D eigenvalue weighted by molar-refractivity contribution is 8.01. The van der Waals surface area contributed by atoms with E-state index in [1.165, 1.54) is 34.4 Å². The number of ether oxygens (including phenoxy) is 1.